The van der Waals surface area contributed by atoms with Crippen molar-refractivity contribution in [3.05, 3.63) is 54.4 Å². The highest BCUT2D eigenvalue weighted by atomic mass is 16.5. The summed E-state index contributed by atoms with van der Waals surface area (Å²) in [6.07, 6.45) is 8.74. The molecule has 2 aliphatic rings. The van der Waals surface area contributed by atoms with E-state index in [0.717, 1.165) is 24.2 Å². The molecule has 1 atom stereocenters. The lowest BCUT2D eigenvalue weighted by atomic mass is 9.97. The van der Waals surface area contributed by atoms with Crippen LogP contribution >= 0.6 is 0 Å². The number of ether oxygens (including phenoxy) is 1. The van der Waals surface area contributed by atoms with Gasteiger partial charge in [-0.25, -0.2) is 0 Å². The lowest BCUT2D eigenvalue weighted by molar-refractivity contribution is -0.127. The van der Waals surface area contributed by atoms with Crippen LogP contribution in [0.25, 0.3) is 0 Å². The molecule has 1 aliphatic carbocycles. The van der Waals surface area contributed by atoms with Crippen LogP contribution in [-0.2, 0) is 9.53 Å². The zero-order chi connectivity index (χ0) is 20.8. The Labute approximate surface area is 176 Å². The van der Waals surface area contributed by atoms with Crippen molar-refractivity contribution < 1.29 is 14.3 Å². The highest BCUT2D eigenvalue weighted by Gasteiger charge is 2.30. The Hall–Kier alpha value is -2.93. The summed E-state index contributed by atoms with van der Waals surface area (Å²) in [6, 6.07) is 10.5. The van der Waals surface area contributed by atoms with E-state index < -0.39 is 6.04 Å². The van der Waals surface area contributed by atoms with E-state index in [0.29, 0.717) is 31.1 Å². The SMILES string of the molecule is O=C(NC(CC1CCCC1)C(=O)NC1COC1)c1cccc(Nc2ccncc2)c1. The van der Waals surface area contributed by atoms with Crippen LogP contribution in [0.2, 0.25) is 0 Å². The lowest BCUT2D eigenvalue weighted by Crippen LogP contribution is -2.55. The van der Waals surface area contributed by atoms with Crippen molar-refractivity contribution >= 4 is 23.2 Å². The number of aromatic nitrogens is 1. The molecule has 2 fully saturated rings. The summed E-state index contributed by atoms with van der Waals surface area (Å²) in [5.41, 5.74) is 2.21. The molecule has 1 saturated carbocycles. The molecule has 158 valence electrons. The van der Waals surface area contributed by atoms with Crippen molar-refractivity contribution in [1.29, 1.82) is 0 Å². The van der Waals surface area contributed by atoms with Crippen LogP contribution in [0.15, 0.2) is 48.8 Å². The quantitative estimate of drug-likeness (QED) is 0.624. The molecule has 1 aromatic carbocycles. The van der Waals surface area contributed by atoms with E-state index in [1.54, 1.807) is 24.5 Å². The molecule has 1 unspecified atom stereocenters. The van der Waals surface area contributed by atoms with Crippen LogP contribution in [0.1, 0.15) is 42.5 Å². The van der Waals surface area contributed by atoms with Gasteiger partial charge in [0, 0.05) is 29.3 Å². The zero-order valence-corrected chi connectivity index (χ0v) is 17.0. The Bertz CT molecular complexity index is 864. The first kappa shape index (κ1) is 20.3. The summed E-state index contributed by atoms with van der Waals surface area (Å²) >= 11 is 0. The van der Waals surface area contributed by atoms with Crippen LogP contribution in [0, 0.1) is 5.92 Å². The molecule has 0 spiro atoms. The molecule has 30 heavy (non-hydrogen) atoms. The smallest absolute Gasteiger partial charge is 0.252 e. The number of rotatable bonds is 8. The molecule has 3 N–H and O–H groups in total. The first-order valence-electron chi connectivity index (χ1n) is 10.6. The van der Waals surface area contributed by atoms with Gasteiger partial charge in [0.25, 0.3) is 5.91 Å². The fourth-order valence-corrected chi connectivity index (χ4v) is 4.01. The maximum Gasteiger partial charge on any atom is 0.252 e. The second kappa shape index (κ2) is 9.71. The Morgan fingerprint density at radius 1 is 1.07 bits per heavy atom. The normalized spacial score (nSPS) is 17.7. The number of carbonyl (C=O) groups excluding carboxylic acids is 2. The van der Waals surface area contributed by atoms with Crippen molar-refractivity contribution in [2.45, 2.75) is 44.2 Å². The van der Waals surface area contributed by atoms with Crippen LogP contribution in [-0.4, -0.2) is 42.1 Å². The van der Waals surface area contributed by atoms with Gasteiger partial charge >= 0.3 is 0 Å². The molecule has 7 heteroatoms. The number of pyridine rings is 1. The number of nitrogens with zero attached hydrogens (tertiary/aromatic N) is 1. The summed E-state index contributed by atoms with van der Waals surface area (Å²) in [5.74, 6) is 0.129. The van der Waals surface area contributed by atoms with Gasteiger partial charge < -0.3 is 20.7 Å². The summed E-state index contributed by atoms with van der Waals surface area (Å²) in [6.45, 7) is 1.08. The third-order valence-corrected chi connectivity index (χ3v) is 5.74. The highest BCUT2D eigenvalue weighted by Crippen LogP contribution is 2.29. The van der Waals surface area contributed by atoms with Crippen molar-refractivity contribution in [2.24, 2.45) is 5.92 Å². The number of benzene rings is 1. The number of anilines is 2. The van der Waals surface area contributed by atoms with Crippen LogP contribution < -0.4 is 16.0 Å². The summed E-state index contributed by atoms with van der Waals surface area (Å²) in [5, 5.41) is 9.23. The fraction of sp³-hybridized carbons (Fsp3) is 0.435. The summed E-state index contributed by atoms with van der Waals surface area (Å²) in [7, 11) is 0. The number of carbonyl (C=O) groups is 2. The topological polar surface area (TPSA) is 92.4 Å². The molecule has 0 radical (unpaired) electrons. The van der Waals surface area contributed by atoms with Crippen LogP contribution in [0.3, 0.4) is 0 Å². The minimum atomic E-state index is -0.530. The zero-order valence-electron chi connectivity index (χ0n) is 17.0. The van der Waals surface area contributed by atoms with E-state index in [-0.39, 0.29) is 17.9 Å². The van der Waals surface area contributed by atoms with Crippen molar-refractivity contribution in [1.82, 2.24) is 15.6 Å². The number of amides is 2. The Morgan fingerprint density at radius 3 is 2.53 bits per heavy atom. The first-order chi connectivity index (χ1) is 14.7. The Kier molecular flexibility index (Phi) is 6.59. The second-order valence-corrected chi connectivity index (χ2v) is 8.10. The van der Waals surface area contributed by atoms with Gasteiger partial charge in [-0.3, -0.25) is 14.6 Å². The molecule has 0 bridgehead atoms. The molecule has 2 heterocycles. The van der Waals surface area contributed by atoms with Gasteiger partial charge in [-0.2, -0.15) is 0 Å². The molecule has 1 saturated heterocycles. The molecule has 2 aromatic rings. The molecule has 1 aliphatic heterocycles. The van der Waals surface area contributed by atoms with Crippen LogP contribution in [0.5, 0.6) is 0 Å². The minimum Gasteiger partial charge on any atom is -0.377 e. The van der Waals surface area contributed by atoms with Gasteiger partial charge in [0.2, 0.25) is 5.91 Å². The molecular weight excluding hydrogens is 380 g/mol. The maximum absolute atomic E-state index is 13.0. The van der Waals surface area contributed by atoms with Gasteiger partial charge in [-0.05, 0) is 42.7 Å². The molecule has 2 amide bonds. The summed E-state index contributed by atoms with van der Waals surface area (Å²) < 4.78 is 5.15. The predicted octanol–water partition coefficient (Wildman–Crippen LogP) is 3.02. The first-order valence-corrected chi connectivity index (χ1v) is 10.6. The molecule has 7 nitrogen and oxygen atoms in total. The maximum atomic E-state index is 13.0. The molecule has 1 aromatic heterocycles. The Morgan fingerprint density at radius 2 is 1.83 bits per heavy atom. The van der Waals surface area contributed by atoms with E-state index in [1.807, 2.05) is 24.3 Å². The van der Waals surface area contributed by atoms with Crippen molar-refractivity contribution in [3.8, 4) is 0 Å². The minimum absolute atomic E-state index is 0.0494. The number of hydrogen-bond donors (Lipinski definition) is 3. The third-order valence-electron chi connectivity index (χ3n) is 5.74. The standard InChI is InChI=1S/C23H28N4O3/c28-22(17-6-3-7-19(13-17)25-18-8-10-24-11-9-18)27-21(12-16-4-1-2-5-16)23(29)26-20-14-30-15-20/h3,6-11,13,16,20-21H,1-2,4-5,12,14-15H2,(H,24,25)(H,26,29)(H,27,28). The van der Waals surface area contributed by atoms with Crippen molar-refractivity contribution in [3.63, 3.8) is 0 Å². The van der Waals surface area contributed by atoms with E-state index in [2.05, 4.69) is 20.9 Å². The van der Waals surface area contributed by atoms with E-state index in [9.17, 15) is 9.59 Å². The second-order valence-electron chi connectivity index (χ2n) is 8.10. The Balaban J connectivity index is 1.42. The van der Waals surface area contributed by atoms with Gasteiger partial charge in [0.1, 0.15) is 6.04 Å². The fourth-order valence-electron chi connectivity index (χ4n) is 4.01. The summed E-state index contributed by atoms with van der Waals surface area (Å²) in [4.78, 5) is 29.8. The van der Waals surface area contributed by atoms with Gasteiger partial charge in [0.15, 0.2) is 0 Å². The lowest BCUT2D eigenvalue weighted by Gasteiger charge is -2.29. The largest absolute Gasteiger partial charge is 0.377 e. The monoisotopic (exact) mass is 408 g/mol. The number of hydrogen-bond acceptors (Lipinski definition) is 5. The highest BCUT2D eigenvalue weighted by molar-refractivity contribution is 5.98. The average molecular weight is 409 g/mol. The van der Waals surface area contributed by atoms with Gasteiger partial charge in [0.05, 0.1) is 19.3 Å². The predicted molar refractivity (Wildman–Crippen MR) is 115 cm³/mol. The number of nitrogens with one attached hydrogen (secondary N) is 3. The van der Waals surface area contributed by atoms with E-state index >= 15 is 0 Å². The molecular formula is C23H28N4O3. The average Bonchev–Trinajstić information content (AvgIpc) is 3.24. The van der Waals surface area contributed by atoms with E-state index in [1.165, 1.54) is 12.8 Å². The van der Waals surface area contributed by atoms with Crippen molar-refractivity contribution in [2.75, 3.05) is 18.5 Å². The van der Waals surface area contributed by atoms with Crippen LogP contribution in [0.4, 0.5) is 11.4 Å². The van der Waals surface area contributed by atoms with Gasteiger partial charge in [-0.15, -0.1) is 0 Å². The van der Waals surface area contributed by atoms with Gasteiger partial charge in [-0.1, -0.05) is 31.7 Å². The van der Waals surface area contributed by atoms with E-state index in [4.69, 9.17) is 4.74 Å². The third kappa shape index (κ3) is 5.36. The molecule has 4 rings (SSSR count).